The van der Waals surface area contributed by atoms with Crippen molar-refractivity contribution in [2.45, 2.75) is 26.3 Å². The van der Waals surface area contributed by atoms with Gasteiger partial charge in [0.15, 0.2) is 0 Å². The van der Waals surface area contributed by atoms with Gasteiger partial charge in [0, 0.05) is 0 Å². The van der Waals surface area contributed by atoms with Crippen molar-refractivity contribution in [2.24, 2.45) is 5.41 Å². The van der Waals surface area contributed by atoms with Crippen LogP contribution in [-0.4, -0.2) is 41.5 Å². The number of rotatable bonds is 5. The summed E-state index contributed by atoms with van der Waals surface area (Å²) in [5.74, 6) is -0.102. The van der Waals surface area contributed by atoms with Crippen molar-refractivity contribution in [1.29, 1.82) is 0 Å². The Hall–Kier alpha value is -1.82. The van der Waals surface area contributed by atoms with Gasteiger partial charge in [-0.3, -0.25) is 14.5 Å². The number of nitrogens with one attached hydrogen (secondary N) is 1. The molecule has 2 heterocycles. The maximum Gasteiger partial charge on any atom is 0.309 e. The lowest BCUT2D eigenvalue weighted by molar-refractivity contribution is -0.150. The molecule has 1 aliphatic rings. The van der Waals surface area contributed by atoms with Crippen LogP contribution in [0.3, 0.4) is 0 Å². The molecule has 1 aliphatic heterocycles. The van der Waals surface area contributed by atoms with E-state index in [-0.39, 0.29) is 5.91 Å². The van der Waals surface area contributed by atoms with E-state index < -0.39 is 11.4 Å². The fourth-order valence-corrected chi connectivity index (χ4v) is 2.28. The number of carbonyl (C=O) groups excluding carboxylic acids is 1. The van der Waals surface area contributed by atoms with Gasteiger partial charge in [-0.25, -0.2) is 0 Å². The van der Waals surface area contributed by atoms with Gasteiger partial charge in [-0.1, -0.05) is 0 Å². The van der Waals surface area contributed by atoms with Gasteiger partial charge >= 0.3 is 5.97 Å². The fraction of sp³-hybridized carbons (Fsp3) is 0.571. The summed E-state index contributed by atoms with van der Waals surface area (Å²) in [5.41, 5.74) is -0.652. The molecule has 6 heteroatoms. The molecule has 1 saturated heterocycles. The van der Waals surface area contributed by atoms with Gasteiger partial charge in [0.2, 0.25) is 5.91 Å². The van der Waals surface area contributed by atoms with E-state index in [1.165, 1.54) is 0 Å². The summed E-state index contributed by atoms with van der Waals surface area (Å²) in [5, 5.41) is 11.9. The molecule has 0 atom stereocenters. The predicted molar refractivity (Wildman–Crippen MR) is 72.0 cm³/mol. The van der Waals surface area contributed by atoms with Gasteiger partial charge < -0.3 is 14.8 Å². The van der Waals surface area contributed by atoms with Crippen molar-refractivity contribution >= 4 is 11.9 Å². The molecule has 0 saturated carbocycles. The van der Waals surface area contributed by atoms with Gasteiger partial charge in [0.05, 0.1) is 24.8 Å². The van der Waals surface area contributed by atoms with Crippen molar-refractivity contribution in [1.82, 2.24) is 10.2 Å². The highest BCUT2D eigenvalue weighted by Crippen LogP contribution is 2.30. The first-order valence-electron chi connectivity index (χ1n) is 6.74. The third-order valence-electron chi connectivity index (χ3n) is 3.88. The molecular weight excluding hydrogens is 260 g/mol. The minimum absolute atomic E-state index is 0.0691. The Morgan fingerprint density at radius 2 is 2.15 bits per heavy atom. The van der Waals surface area contributed by atoms with Crippen LogP contribution in [0.1, 0.15) is 25.5 Å². The van der Waals surface area contributed by atoms with E-state index in [0.717, 1.165) is 5.76 Å². The number of hydrogen-bond acceptors (Lipinski definition) is 4. The molecule has 2 N–H and O–H groups in total. The summed E-state index contributed by atoms with van der Waals surface area (Å²) >= 11 is 0. The molecule has 1 amide bonds. The van der Waals surface area contributed by atoms with Crippen LogP contribution < -0.4 is 5.32 Å². The zero-order valence-electron chi connectivity index (χ0n) is 11.6. The number of carbonyl (C=O) groups is 2. The summed E-state index contributed by atoms with van der Waals surface area (Å²) in [7, 11) is 0. The van der Waals surface area contributed by atoms with E-state index in [1.54, 1.807) is 25.3 Å². The second-order valence-corrected chi connectivity index (χ2v) is 5.50. The highest BCUT2D eigenvalue weighted by Gasteiger charge is 2.37. The largest absolute Gasteiger partial charge is 0.481 e. The lowest BCUT2D eigenvalue weighted by Gasteiger charge is -2.35. The van der Waals surface area contributed by atoms with Crippen LogP contribution in [0.5, 0.6) is 0 Å². The Morgan fingerprint density at radius 1 is 1.45 bits per heavy atom. The Labute approximate surface area is 117 Å². The molecule has 110 valence electrons. The number of piperidine rings is 1. The summed E-state index contributed by atoms with van der Waals surface area (Å²) in [6.45, 7) is 3.72. The molecule has 0 unspecified atom stereocenters. The number of nitrogens with zero attached hydrogens (tertiary/aromatic N) is 1. The first-order valence-corrected chi connectivity index (χ1v) is 6.74. The van der Waals surface area contributed by atoms with Crippen LogP contribution in [0, 0.1) is 5.41 Å². The average molecular weight is 280 g/mol. The summed E-state index contributed by atoms with van der Waals surface area (Å²) in [6, 6.07) is 3.58. The van der Waals surface area contributed by atoms with Crippen LogP contribution in [0.15, 0.2) is 22.8 Å². The van der Waals surface area contributed by atoms with Crippen LogP contribution >= 0.6 is 0 Å². The summed E-state index contributed by atoms with van der Waals surface area (Å²) < 4.78 is 5.13. The second-order valence-electron chi connectivity index (χ2n) is 5.50. The quantitative estimate of drug-likeness (QED) is 0.843. The zero-order chi connectivity index (χ0) is 14.6. The molecule has 6 nitrogen and oxygen atoms in total. The molecule has 1 aromatic rings. The van der Waals surface area contributed by atoms with Gasteiger partial charge in [-0.15, -0.1) is 0 Å². The smallest absolute Gasteiger partial charge is 0.309 e. The van der Waals surface area contributed by atoms with Gasteiger partial charge in [0.1, 0.15) is 5.76 Å². The van der Waals surface area contributed by atoms with Gasteiger partial charge in [0.25, 0.3) is 0 Å². The minimum atomic E-state index is -0.751. The second kappa shape index (κ2) is 6.09. The van der Waals surface area contributed by atoms with Crippen molar-refractivity contribution < 1.29 is 19.1 Å². The molecule has 0 aromatic carbocycles. The normalized spacial score (nSPS) is 18.6. The highest BCUT2D eigenvalue weighted by molar-refractivity contribution is 5.78. The Kier molecular flexibility index (Phi) is 4.44. The minimum Gasteiger partial charge on any atom is -0.481 e. The molecule has 0 aliphatic carbocycles. The lowest BCUT2D eigenvalue weighted by Crippen LogP contribution is -2.46. The summed E-state index contributed by atoms with van der Waals surface area (Å²) in [4.78, 5) is 24.9. The zero-order valence-corrected chi connectivity index (χ0v) is 11.6. The number of likely N-dealkylation sites (tertiary alicyclic amines) is 1. The third kappa shape index (κ3) is 3.60. The Bertz CT molecular complexity index is 462. The number of furan rings is 1. The van der Waals surface area contributed by atoms with E-state index in [2.05, 4.69) is 5.32 Å². The van der Waals surface area contributed by atoms with Crippen molar-refractivity contribution in [2.75, 3.05) is 19.6 Å². The predicted octanol–water partition coefficient (Wildman–Crippen LogP) is 1.08. The van der Waals surface area contributed by atoms with Gasteiger partial charge in [-0.05, 0) is 45.0 Å². The number of carboxylic acids is 1. The van der Waals surface area contributed by atoms with E-state index in [9.17, 15) is 9.59 Å². The molecular formula is C14H20N2O4. The number of carboxylic acid groups (broad SMARTS) is 1. The monoisotopic (exact) mass is 280 g/mol. The maximum atomic E-state index is 11.8. The van der Waals surface area contributed by atoms with Crippen LogP contribution in [0.2, 0.25) is 0 Å². The Balaban J connectivity index is 1.72. The van der Waals surface area contributed by atoms with Crippen LogP contribution in [0.25, 0.3) is 0 Å². The van der Waals surface area contributed by atoms with E-state index in [1.807, 2.05) is 4.90 Å². The number of aliphatic carboxylic acids is 1. The molecule has 1 fully saturated rings. The number of hydrogen-bond donors (Lipinski definition) is 2. The first-order chi connectivity index (χ1) is 9.49. The van der Waals surface area contributed by atoms with Crippen molar-refractivity contribution in [3.63, 3.8) is 0 Å². The van der Waals surface area contributed by atoms with Crippen molar-refractivity contribution in [3.8, 4) is 0 Å². The molecule has 1 aromatic heterocycles. The molecule has 20 heavy (non-hydrogen) atoms. The third-order valence-corrected chi connectivity index (χ3v) is 3.88. The molecule has 0 spiro atoms. The lowest BCUT2D eigenvalue weighted by atomic mass is 9.80. The standard InChI is InChI=1S/C14H20N2O4/c1-14(13(18)19)4-6-16(7-5-14)10-12(17)15-9-11-3-2-8-20-11/h2-3,8H,4-7,9-10H2,1H3,(H,15,17)(H,18,19). The topological polar surface area (TPSA) is 82.8 Å². The maximum absolute atomic E-state index is 11.8. The van der Waals surface area contributed by atoms with Crippen LogP contribution in [0.4, 0.5) is 0 Å². The van der Waals surface area contributed by atoms with Gasteiger partial charge in [-0.2, -0.15) is 0 Å². The molecule has 0 radical (unpaired) electrons. The highest BCUT2D eigenvalue weighted by atomic mass is 16.4. The molecule has 2 rings (SSSR count). The Morgan fingerprint density at radius 3 is 2.70 bits per heavy atom. The average Bonchev–Trinajstić information content (AvgIpc) is 2.92. The SMILES string of the molecule is CC1(C(=O)O)CCN(CC(=O)NCc2ccco2)CC1. The van der Waals surface area contributed by atoms with E-state index in [4.69, 9.17) is 9.52 Å². The number of amides is 1. The van der Waals surface area contributed by atoms with E-state index >= 15 is 0 Å². The fourth-order valence-electron chi connectivity index (χ4n) is 2.28. The van der Waals surface area contributed by atoms with E-state index in [0.29, 0.717) is 39.0 Å². The van der Waals surface area contributed by atoms with Crippen molar-refractivity contribution in [3.05, 3.63) is 24.2 Å². The molecule has 0 bridgehead atoms. The van der Waals surface area contributed by atoms with Crippen LogP contribution in [-0.2, 0) is 16.1 Å². The first kappa shape index (κ1) is 14.6. The summed E-state index contributed by atoms with van der Waals surface area (Å²) in [6.07, 6.45) is 2.72.